The van der Waals surface area contributed by atoms with E-state index < -0.39 is 16.1 Å². The fourth-order valence-electron chi connectivity index (χ4n) is 0. The average molecular weight is 171 g/mol. The van der Waals surface area contributed by atoms with Gasteiger partial charge in [-0.15, -0.1) is 0 Å². The molecule has 30 valence electrons. The number of hydrogen-bond acceptors (Lipinski definition) is 2. The fraction of sp³-hybridized carbons (Fsp3) is 1.00. The van der Waals surface area contributed by atoms with Crippen LogP contribution in [0.1, 0.15) is 7.43 Å². The summed E-state index contributed by atoms with van der Waals surface area (Å²) in [5.74, 6) is 0. The van der Waals surface area contributed by atoms with E-state index in [-0.39, 0.29) is 7.43 Å². The van der Waals surface area contributed by atoms with Gasteiger partial charge in [0.1, 0.15) is 0 Å². The Kier molecular flexibility index (Phi) is 20.7. The zero-order chi connectivity index (χ0) is 2.71. The summed E-state index contributed by atoms with van der Waals surface area (Å²) in [6.07, 6.45) is 0. The standard InChI is InChI=1S/CH4.O.Pd.S/h1H4;;;. The van der Waals surface area contributed by atoms with Gasteiger partial charge in [0.25, 0.3) is 0 Å². The topological polar surface area (TPSA) is 17.1 Å². The predicted molar refractivity (Wildman–Crippen MR) is 15.0 cm³/mol. The van der Waals surface area contributed by atoms with Crippen LogP contribution in [0.5, 0.6) is 0 Å². The Hall–Kier alpha value is 0.682. The molecule has 3 heteroatoms. The molecule has 0 aliphatic rings. The molecule has 0 saturated carbocycles. The molecule has 0 bridgehead atoms. The van der Waals surface area contributed by atoms with Crippen molar-refractivity contribution in [2.24, 2.45) is 0 Å². The zero-order valence-corrected chi connectivity index (χ0v) is 3.50. The molecule has 0 aliphatic carbocycles. The molecule has 1 nitrogen and oxygen atoms in total. The molecule has 0 aromatic heterocycles. The van der Waals surface area contributed by atoms with Gasteiger partial charge in [0.05, 0.1) is 0 Å². The number of hydrogen-bond donors (Lipinski definition) is 0. The number of rotatable bonds is 0. The van der Waals surface area contributed by atoms with Gasteiger partial charge in [0.15, 0.2) is 0 Å². The molecule has 0 heterocycles. The van der Waals surface area contributed by atoms with Crippen LogP contribution in [0.3, 0.4) is 0 Å². The second-order valence-corrected chi connectivity index (χ2v) is 0.935. The van der Waals surface area contributed by atoms with Crippen molar-refractivity contribution in [1.29, 1.82) is 0 Å². The molecule has 0 spiro atoms. The Balaban J connectivity index is 0. The second kappa shape index (κ2) is 9.36. The summed E-state index contributed by atoms with van der Waals surface area (Å²) in [4.78, 5) is 0. The molecular weight excluding hydrogens is 166 g/mol. The molecule has 0 saturated heterocycles. The maximum atomic E-state index is 8.80. The average Bonchev–Trinajstić information content (AvgIpc) is 0.918. The van der Waals surface area contributed by atoms with Crippen LogP contribution in [-0.2, 0) is 19.6 Å². The fourth-order valence-corrected chi connectivity index (χ4v) is 0. The summed E-state index contributed by atoms with van der Waals surface area (Å²) in [7, 11) is 3.89. The molecular formula is CH4OPdS. The van der Waals surface area contributed by atoms with Gasteiger partial charge < -0.3 is 0 Å². The van der Waals surface area contributed by atoms with Crippen LogP contribution < -0.4 is 0 Å². The first-order valence-corrected chi connectivity index (χ1v) is 3.06. The summed E-state index contributed by atoms with van der Waals surface area (Å²) in [5, 5.41) is 0. The predicted octanol–water partition coefficient (Wildman–Crippen LogP) is 1.16. The van der Waals surface area contributed by atoms with Crippen LogP contribution in [-0.4, -0.2) is 0 Å². The first-order valence-electron chi connectivity index (χ1n) is 0.258. The minimum absolute atomic E-state index is 0. The van der Waals surface area contributed by atoms with E-state index in [0.29, 0.717) is 0 Å². The van der Waals surface area contributed by atoms with Crippen LogP contribution in [0, 0.1) is 0 Å². The monoisotopic (exact) mass is 170 g/mol. The van der Waals surface area contributed by atoms with E-state index in [0.717, 1.165) is 0 Å². The molecule has 0 fully saturated rings. The van der Waals surface area contributed by atoms with E-state index in [4.69, 9.17) is 3.47 Å². The van der Waals surface area contributed by atoms with E-state index in [1.807, 2.05) is 0 Å². The summed E-state index contributed by atoms with van der Waals surface area (Å²) in [6, 6.07) is 0. The molecule has 0 N–H and O–H groups in total. The van der Waals surface area contributed by atoms with Crippen molar-refractivity contribution in [3.8, 4) is 0 Å². The third-order valence-corrected chi connectivity index (χ3v) is 0. The van der Waals surface area contributed by atoms with E-state index >= 15 is 0 Å². The molecule has 0 radical (unpaired) electrons. The van der Waals surface area contributed by atoms with Gasteiger partial charge in [0.2, 0.25) is 0 Å². The third kappa shape index (κ3) is 16.3. The summed E-state index contributed by atoms with van der Waals surface area (Å²) < 4.78 is 8.80. The Morgan fingerprint density at radius 3 is 1.75 bits per heavy atom. The quantitative estimate of drug-likeness (QED) is 0.508. The van der Waals surface area contributed by atoms with Gasteiger partial charge >= 0.3 is 29.6 Å². The Morgan fingerprint density at radius 1 is 1.75 bits per heavy atom. The van der Waals surface area contributed by atoms with Gasteiger partial charge in [-0.25, -0.2) is 0 Å². The van der Waals surface area contributed by atoms with Crippen molar-refractivity contribution < 1.29 is 19.6 Å². The molecule has 0 aromatic carbocycles. The Morgan fingerprint density at radius 2 is 1.75 bits per heavy atom. The van der Waals surface area contributed by atoms with Crippen molar-refractivity contribution in [1.82, 2.24) is 0 Å². The normalized spacial score (nSPS) is 5.00. The van der Waals surface area contributed by atoms with Gasteiger partial charge in [-0.1, -0.05) is 7.43 Å². The van der Waals surface area contributed by atoms with Crippen molar-refractivity contribution in [2.75, 3.05) is 0 Å². The molecule has 0 atom stereocenters. The van der Waals surface area contributed by atoms with Crippen LogP contribution in [0.15, 0.2) is 0 Å². The van der Waals surface area contributed by atoms with E-state index in [1.165, 1.54) is 0 Å². The molecule has 0 amide bonds. The first kappa shape index (κ1) is 8.82. The van der Waals surface area contributed by atoms with Gasteiger partial charge in [-0.2, -0.15) is 0 Å². The van der Waals surface area contributed by atoms with Crippen LogP contribution in [0.25, 0.3) is 0 Å². The Bertz CT molecular complexity index is 29.0. The zero-order valence-electron chi connectivity index (χ0n) is 1.13. The van der Waals surface area contributed by atoms with E-state index in [2.05, 4.69) is 9.94 Å². The summed E-state index contributed by atoms with van der Waals surface area (Å²) in [6.45, 7) is 0. The van der Waals surface area contributed by atoms with Crippen molar-refractivity contribution in [2.45, 2.75) is 7.43 Å². The second-order valence-electron chi connectivity index (χ2n) is 0.0527. The van der Waals surface area contributed by atoms with Gasteiger partial charge in [0, 0.05) is 0 Å². The van der Waals surface area contributed by atoms with Crippen LogP contribution >= 0.6 is 9.94 Å². The third-order valence-electron chi connectivity index (χ3n) is 0. The van der Waals surface area contributed by atoms with Crippen molar-refractivity contribution in [3.63, 3.8) is 0 Å². The molecule has 0 unspecified atom stereocenters. The van der Waals surface area contributed by atoms with Crippen LogP contribution in [0.4, 0.5) is 0 Å². The van der Waals surface area contributed by atoms with Gasteiger partial charge in [-0.3, -0.25) is 0 Å². The van der Waals surface area contributed by atoms with Crippen molar-refractivity contribution in [3.05, 3.63) is 0 Å². The molecule has 0 aromatic rings. The summed E-state index contributed by atoms with van der Waals surface area (Å²) in [5.41, 5.74) is 0. The van der Waals surface area contributed by atoms with Gasteiger partial charge in [-0.05, 0) is 0 Å². The van der Waals surface area contributed by atoms with Crippen LogP contribution in [0.2, 0.25) is 0 Å². The van der Waals surface area contributed by atoms with E-state index in [1.54, 1.807) is 0 Å². The Labute approximate surface area is 37.4 Å². The molecule has 4 heavy (non-hydrogen) atoms. The maximum absolute atomic E-state index is 8.80. The SMILES string of the molecule is C.[O]=[Pd]=[S]. The minimum atomic E-state index is -0.717. The summed E-state index contributed by atoms with van der Waals surface area (Å²) >= 11 is -0.717. The molecule has 0 aliphatic heterocycles. The first-order chi connectivity index (χ1) is 1.41. The van der Waals surface area contributed by atoms with E-state index in [9.17, 15) is 0 Å². The van der Waals surface area contributed by atoms with Crippen molar-refractivity contribution >= 4 is 9.94 Å². The molecule has 0 rings (SSSR count).